The van der Waals surface area contributed by atoms with Gasteiger partial charge in [0.2, 0.25) is 0 Å². The second-order valence-corrected chi connectivity index (χ2v) is 8.47. The zero-order chi connectivity index (χ0) is 19.8. The minimum atomic E-state index is -0.104. The highest BCUT2D eigenvalue weighted by atomic mass is 16.2. The number of piperidine rings is 1. The molecule has 1 amide bonds. The van der Waals surface area contributed by atoms with E-state index in [1.54, 1.807) is 0 Å². The zero-order valence-corrected chi connectivity index (χ0v) is 16.7. The van der Waals surface area contributed by atoms with E-state index >= 15 is 0 Å². The van der Waals surface area contributed by atoms with Crippen molar-refractivity contribution in [2.75, 3.05) is 25.0 Å². The Kier molecular flexibility index (Phi) is 4.84. The van der Waals surface area contributed by atoms with Gasteiger partial charge in [0.15, 0.2) is 5.78 Å². The van der Waals surface area contributed by atoms with E-state index in [0.29, 0.717) is 17.7 Å². The van der Waals surface area contributed by atoms with Gasteiger partial charge in [-0.25, -0.2) is 0 Å². The lowest BCUT2D eigenvalue weighted by Gasteiger charge is -2.25. The van der Waals surface area contributed by atoms with Crippen LogP contribution in [0.3, 0.4) is 0 Å². The van der Waals surface area contributed by atoms with Crippen LogP contribution in [0.1, 0.15) is 65.0 Å². The molecule has 5 rings (SSSR count). The van der Waals surface area contributed by atoms with Crippen LogP contribution in [0.15, 0.2) is 24.3 Å². The Hall–Kier alpha value is -2.66. The highest BCUT2D eigenvalue weighted by molar-refractivity contribution is 6.35. The van der Waals surface area contributed by atoms with E-state index in [2.05, 4.69) is 21.3 Å². The van der Waals surface area contributed by atoms with Crippen LogP contribution in [0, 0.1) is 0 Å². The van der Waals surface area contributed by atoms with Crippen LogP contribution in [0.5, 0.6) is 0 Å². The van der Waals surface area contributed by atoms with Crippen molar-refractivity contribution in [1.29, 1.82) is 0 Å². The maximum Gasteiger partial charge on any atom is 0.256 e. The lowest BCUT2D eigenvalue weighted by atomic mass is 9.98. The first kappa shape index (κ1) is 18.4. The molecule has 150 valence electrons. The Morgan fingerprint density at radius 2 is 1.86 bits per heavy atom. The first-order valence-electron chi connectivity index (χ1n) is 10.8. The number of rotatable bonds is 4. The van der Waals surface area contributed by atoms with Gasteiger partial charge in [0.05, 0.1) is 12.1 Å². The van der Waals surface area contributed by atoms with Crippen LogP contribution in [-0.4, -0.2) is 41.2 Å². The van der Waals surface area contributed by atoms with Crippen LogP contribution in [-0.2, 0) is 17.6 Å². The summed E-state index contributed by atoms with van der Waals surface area (Å²) in [6.45, 7) is 2.46. The number of ketones is 1. The molecule has 3 aliphatic rings. The number of likely N-dealkylation sites (tertiary alicyclic amines) is 1. The number of benzene rings is 1. The molecule has 1 fully saturated rings. The molecular formula is C24H27N3O2. The van der Waals surface area contributed by atoms with Crippen LogP contribution in [0.4, 0.5) is 5.69 Å². The number of H-pyrrole nitrogens is 1. The molecule has 0 bridgehead atoms. The highest BCUT2D eigenvalue weighted by Gasteiger charge is 2.26. The molecule has 29 heavy (non-hydrogen) atoms. The molecule has 2 aliphatic heterocycles. The number of nitrogens with one attached hydrogen (secondary N) is 2. The number of amides is 1. The highest BCUT2D eigenvalue weighted by Crippen LogP contribution is 2.34. The van der Waals surface area contributed by atoms with Gasteiger partial charge in [0.1, 0.15) is 0 Å². The van der Waals surface area contributed by atoms with E-state index in [1.165, 1.54) is 43.4 Å². The van der Waals surface area contributed by atoms with Gasteiger partial charge in [-0.2, -0.15) is 0 Å². The van der Waals surface area contributed by atoms with E-state index in [9.17, 15) is 9.59 Å². The maximum atomic E-state index is 12.8. The molecule has 1 aromatic carbocycles. The summed E-state index contributed by atoms with van der Waals surface area (Å²) in [7, 11) is 0. The van der Waals surface area contributed by atoms with Gasteiger partial charge in [-0.1, -0.05) is 6.42 Å². The van der Waals surface area contributed by atoms with Gasteiger partial charge < -0.3 is 10.3 Å². The molecule has 0 saturated carbocycles. The lowest BCUT2D eigenvalue weighted by molar-refractivity contribution is -0.110. The number of fused-ring (bicyclic) bond motifs is 2. The van der Waals surface area contributed by atoms with Crippen molar-refractivity contribution < 1.29 is 9.59 Å². The third-order valence-corrected chi connectivity index (χ3v) is 6.38. The van der Waals surface area contributed by atoms with E-state index < -0.39 is 0 Å². The maximum absolute atomic E-state index is 12.8. The summed E-state index contributed by atoms with van der Waals surface area (Å²) in [5.41, 5.74) is 6.56. The molecule has 2 aromatic rings. The quantitative estimate of drug-likeness (QED) is 0.612. The first-order chi connectivity index (χ1) is 14.2. The van der Waals surface area contributed by atoms with Crippen molar-refractivity contribution in [1.82, 2.24) is 9.88 Å². The summed E-state index contributed by atoms with van der Waals surface area (Å²) in [5, 5.41) is 2.93. The summed E-state index contributed by atoms with van der Waals surface area (Å²) in [6, 6.07) is 7.74. The topological polar surface area (TPSA) is 65.2 Å². The summed E-state index contributed by atoms with van der Waals surface area (Å²) in [5.74, 6) is 0.0249. The minimum Gasteiger partial charge on any atom is -0.359 e. The molecule has 0 unspecified atom stereocenters. The normalized spacial score (nSPS) is 20.4. The van der Waals surface area contributed by atoms with Crippen LogP contribution in [0.2, 0.25) is 0 Å². The fourth-order valence-corrected chi connectivity index (χ4v) is 4.78. The SMILES string of the molecule is O=C1Nc2ccc(C(=O)CN3CCCCC3)cc2C1=Cc1cc2c([nH]1)CCCC2. The van der Waals surface area contributed by atoms with Crippen LogP contribution in [0.25, 0.3) is 11.6 Å². The van der Waals surface area contributed by atoms with E-state index in [-0.39, 0.29) is 11.7 Å². The fourth-order valence-electron chi connectivity index (χ4n) is 4.78. The molecule has 0 spiro atoms. The fraction of sp³-hybridized carbons (Fsp3) is 0.417. The lowest BCUT2D eigenvalue weighted by Crippen LogP contribution is -2.34. The second kappa shape index (κ2) is 7.64. The summed E-state index contributed by atoms with van der Waals surface area (Å²) < 4.78 is 0. The van der Waals surface area contributed by atoms with Gasteiger partial charge in [-0.05, 0) is 87.5 Å². The number of hydrogen-bond acceptors (Lipinski definition) is 3. The monoisotopic (exact) mass is 389 g/mol. The number of Topliss-reactive ketones (excluding diaryl/α,β-unsaturated/α-hetero) is 1. The molecule has 3 heterocycles. The van der Waals surface area contributed by atoms with Crippen molar-refractivity contribution >= 4 is 29.0 Å². The average molecular weight is 389 g/mol. The number of carbonyl (C=O) groups is 2. The Morgan fingerprint density at radius 1 is 1.03 bits per heavy atom. The van der Waals surface area contributed by atoms with E-state index in [1.807, 2.05) is 24.3 Å². The summed E-state index contributed by atoms with van der Waals surface area (Å²) >= 11 is 0. The molecule has 0 radical (unpaired) electrons. The van der Waals surface area contributed by atoms with Gasteiger partial charge in [0, 0.05) is 28.2 Å². The molecule has 1 aliphatic carbocycles. The van der Waals surface area contributed by atoms with E-state index in [0.717, 1.165) is 42.9 Å². The number of nitrogens with zero attached hydrogens (tertiary/aromatic N) is 1. The van der Waals surface area contributed by atoms with Gasteiger partial charge in [-0.3, -0.25) is 14.5 Å². The third-order valence-electron chi connectivity index (χ3n) is 6.38. The standard InChI is InChI=1S/C24H27N3O2/c28-23(15-27-10-4-1-5-11-27)17-8-9-22-19(13-17)20(24(29)26-22)14-18-12-16-6-2-3-7-21(16)25-18/h8-9,12-14,25H,1-7,10-11,15H2,(H,26,29). The van der Waals surface area contributed by atoms with Gasteiger partial charge >= 0.3 is 0 Å². The van der Waals surface area contributed by atoms with Crippen molar-refractivity contribution in [3.8, 4) is 0 Å². The largest absolute Gasteiger partial charge is 0.359 e. The summed E-state index contributed by atoms with van der Waals surface area (Å²) in [4.78, 5) is 31.1. The van der Waals surface area contributed by atoms with Crippen molar-refractivity contribution in [3.05, 3.63) is 52.3 Å². The Labute approximate surface area is 171 Å². The van der Waals surface area contributed by atoms with Crippen LogP contribution >= 0.6 is 0 Å². The van der Waals surface area contributed by atoms with E-state index in [4.69, 9.17) is 0 Å². The molecule has 5 heteroatoms. The molecular weight excluding hydrogens is 362 g/mol. The first-order valence-corrected chi connectivity index (χ1v) is 10.8. The number of aromatic nitrogens is 1. The molecule has 1 aromatic heterocycles. The summed E-state index contributed by atoms with van der Waals surface area (Å²) in [6.07, 6.45) is 10.2. The Balaban J connectivity index is 1.42. The van der Waals surface area contributed by atoms with Crippen molar-refractivity contribution in [2.45, 2.75) is 44.9 Å². The van der Waals surface area contributed by atoms with Crippen molar-refractivity contribution in [3.63, 3.8) is 0 Å². The average Bonchev–Trinajstić information content (AvgIpc) is 3.29. The molecule has 5 nitrogen and oxygen atoms in total. The predicted octanol–water partition coefficient (Wildman–Crippen LogP) is 4.05. The third kappa shape index (κ3) is 3.67. The number of hydrogen-bond donors (Lipinski definition) is 2. The number of carbonyl (C=O) groups excluding carboxylic acids is 2. The molecule has 1 saturated heterocycles. The number of anilines is 1. The smallest absolute Gasteiger partial charge is 0.256 e. The number of aromatic amines is 1. The van der Waals surface area contributed by atoms with Gasteiger partial charge in [0.25, 0.3) is 5.91 Å². The van der Waals surface area contributed by atoms with Crippen LogP contribution < -0.4 is 5.32 Å². The Morgan fingerprint density at radius 3 is 2.69 bits per heavy atom. The van der Waals surface area contributed by atoms with Crippen molar-refractivity contribution in [2.24, 2.45) is 0 Å². The Bertz CT molecular complexity index is 972. The second-order valence-electron chi connectivity index (χ2n) is 8.47. The molecule has 0 atom stereocenters. The zero-order valence-electron chi connectivity index (χ0n) is 16.7. The number of aryl methyl sites for hydroxylation is 2. The van der Waals surface area contributed by atoms with Gasteiger partial charge in [-0.15, -0.1) is 0 Å². The molecule has 2 N–H and O–H groups in total. The minimum absolute atomic E-state index is 0.104. The predicted molar refractivity (Wildman–Crippen MR) is 115 cm³/mol.